The Morgan fingerprint density at radius 1 is 1.29 bits per heavy atom. The van der Waals surface area contributed by atoms with Gasteiger partial charge in [0.05, 0.1) is 6.54 Å². The third kappa shape index (κ3) is 3.92. The van der Waals surface area contributed by atoms with Crippen molar-refractivity contribution in [3.8, 4) is 0 Å². The lowest BCUT2D eigenvalue weighted by atomic mass is 10.1. The van der Waals surface area contributed by atoms with E-state index in [1.807, 2.05) is 12.1 Å². The summed E-state index contributed by atoms with van der Waals surface area (Å²) in [6.45, 7) is 4.43. The number of nitrogens with two attached hydrogens (primary N) is 1. The Balaban J connectivity index is 1.45. The number of fused-ring (bicyclic) bond motifs is 1. The molecule has 0 unspecified atom stereocenters. The van der Waals surface area contributed by atoms with Gasteiger partial charge in [-0.15, -0.1) is 0 Å². The minimum absolute atomic E-state index is 0.104. The number of likely N-dealkylation sites (tertiary alicyclic amines) is 1. The number of hydrogen-bond acceptors (Lipinski definition) is 3. The second-order valence-corrected chi connectivity index (χ2v) is 8.14. The summed E-state index contributed by atoms with van der Waals surface area (Å²) in [7, 11) is 0. The Morgan fingerprint density at radius 3 is 2.82 bits per heavy atom. The number of aryl methyl sites for hydroxylation is 2. The number of carbonyl (C=O) groups is 1. The SMILES string of the molecule is CCn1c(CC[C@@H]2CCCN2C(=O)CNC2CC2)cc2ccc(C(=N)N)cc21. The lowest BCUT2D eigenvalue weighted by Gasteiger charge is -2.25. The molecule has 4 N–H and O–H groups in total. The predicted molar refractivity (Wildman–Crippen MR) is 113 cm³/mol. The van der Waals surface area contributed by atoms with E-state index in [4.69, 9.17) is 11.1 Å². The maximum atomic E-state index is 12.6. The van der Waals surface area contributed by atoms with Gasteiger partial charge in [0.2, 0.25) is 5.91 Å². The van der Waals surface area contributed by atoms with Crippen LogP contribution in [-0.2, 0) is 17.8 Å². The number of rotatable bonds is 8. The van der Waals surface area contributed by atoms with E-state index in [1.54, 1.807) is 0 Å². The summed E-state index contributed by atoms with van der Waals surface area (Å²) in [6.07, 6.45) is 6.61. The third-order valence-electron chi connectivity index (χ3n) is 6.17. The average molecular weight is 382 g/mol. The molecule has 150 valence electrons. The number of amidine groups is 1. The van der Waals surface area contributed by atoms with Crippen LogP contribution in [0.15, 0.2) is 24.3 Å². The molecule has 2 aromatic rings. The smallest absolute Gasteiger partial charge is 0.236 e. The molecule has 1 atom stereocenters. The Morgan fingerprint density at radius 2 is 2.11 bits per heavy atom. The monoisotopic (exact) mass is 381 g/mol. The van der Waals surface area contributed by atoms with E-state index in [0.29, 0.717) is 18.6 Å². The first-order chi connectivity index (χ1) is 13.6. The highest BCUT2D eigenvalue weighted by atomic mass is 16.2. The molecule has 0 spiro atoms. The molecule has 1 saturated carbocycles. The first-order valence-corrected chi connectivity index (χ1v) is 10.6. The molecule has 1 aliphatic heterocycles. The molecule has 6 heteroatoms. The van der Waals surface area contributed by atoms with Gasteiger partial charge in [-0.1, -0.05) is 12.1 Å². The Bertz CT molecular complexity index is 882. The summed E-state index contributed by atoms with van der Waals surface area (Å²) in [5, 5.41) is 12.2. The zero-order valence-corrected chi connectivity index (χ0v) is 16.7. The fourth-order valence-electron chi connectivity index (χ4n) is 4.46. The Hall–Kier alpha value is -2.34. The van der Waals surface area contributed by atoms with Crippen LogP contribution in [0.1, 0.15) is 50.3 Å². The van der Waals surface area contributed by atoms with Crippen molar-refractivity contribution in [3.63, 3.8) is 0 Å². The molecular formula is C22H31N5O. The van der Waals surface area contributed by atoms with Gasteiger partial charge in [0.1, 0.15) is 5.84 Å². The summed E-state index contributed by atoms with van der Waals surface area (Å²) in [5.41, 5.74) is 8.87. The molecule has 1 aliphatic carbocycles. The van der Waals surface area contributed by atoms with Gasteiger partial charge in [0, 0.05) is 41.9 Å². The normalized spacial score (nSPS) is 19.5. The molecule has 2 heterocycles. The molecule has 1 aromatic carbocycles. The summed E-state index contributed by atoms with van der Waals surface area (Å²) in [4.78, 5) is 14.7. The van der Waals surface area contributed by atoms with Crippen LogP contribution in [0.2, 0.25) is 0 Å². The number of nitrogens with one attached hydrogen (secondary N) is 2. The molecule has 1 amide bonds. The van der Waals surface area contributed by atoms with E-state index >= 15 is 0 Å². The fraction of sp³-hybridized carbons (Fsp3) is 0.545. The summed E-state index contributed by atoms with van der Waals surface area (Å²) in [6, 6.07) is 9.16. The predicted octanol–water partition coefficient (Wildman–Crippen LogP) is 2.62. The van der Waals surface area contributed by atoms with Crippen LogP contribution in [0.5, 0.6) is 0 Å². The van der Waals surface area contributed by atoms with Gasteiger partial charge >= 0.3 is 0 Å². The van der Waals surface area contributed by atoms with Crippen molar-refractivity contribution in [2.24, 2.45) is 5.73 Å². The van der Waals surface area contributed by atoms with Crippen molar-refractivity contribution in [2.75, 3.05) is 13.1 Å². The summed E-state index contributed by atoms with van der Waals surface area (Å²) >= 11 is 0. The average Bonchev–Trinajstić information content (AvgIpc) is 3.28. The topological polar surface area (TPSA) is 87.1 Å². The molecule has 1 saturated heterocycles. The van der Waals surface area contributed by atoms with Crippen molar-refractivity contribution in [1.82, 2.24) is 14.8 Å². The molecule has 2 fully saturated rings. The zero-order chi connectivity index (χ0) is 19.7. The van der Waals surface area contributed by atoms with Gasteiger partial charge in [0.25, 0.3) is 0 Å². The van der Waals surface area contributed by atoms with Crippen LogP contribution >= 0.6 is 0 Å². The number of hydrogen-bond donors (Lipinski definition) is 3. The zero-order valence-electron chi connectivity index (χ0n) is 16.7. The minimum Gasteiger partial charge on any atom is -0.384 e. The Kier molecular flexibility index (Phi) is 5.40. The quantitative estimate of drug-likeness (QED) is 0.485. The number of carbonyl (C=O) groups excluding carboxylic acids is 1. The third-order valence-corrected chi connectivity index (χ3v) is 6.17. The Labute approximate surface area is 166 Å². The van der Waals surface area contributed by atoms with E-state index in [1.165, 1.54) is 23.9 Å². The van der Waals surface area contributed by atoms with Crippen molar-refractivity contribution in [2.45, 2.75) is 64.1 Å². The number of nitrogen functional groups attached to an aromatic ring is 1. The molecule has 4 rings (SSSR count). The number of aromatic nitrogens is 1. The fourth-order valence-corrected chi connectivity index (χ4v) is 4.46. The molecular weight excluding hydrogens is 350 g/mol. The van der Waals surface area contributed by atoms with Crippen LogP contribution in [0.4, 0.5) is 0 Å². The summed E-state index contributed by atoms with van der Waals surface area (Å²) < 4.78 is 2.32. The van der Waals surface area contributed by atoms with Crippen LogP contribution in [0.25, 0.3) is 10.9 Å². The molecule has 28 heavy (non-hydrogen) atoms. The largest absolute Gasteiger partial charge is 0.384 e. The van der Waals surface area contributed by atoms with Crippen LogP contribution in [0, 0.1) is 5.41 Å². The van der Waals surface area contributed by atoms with E-state index in [2.05, 4.69) is 33.8 Å². The molecule has 0 bridgehead atoms. The van der Waals surface area contributed by atoms with Crippen molar-refractivity contribution >= 4 is 22.6 Å². The van der Waals surface area contributed by atoms with Gasteiger partial charge in [0.15, 0.2) is 0 Å². The van der Waals surface area contributed by atoms with Crippen molar-refractivity contribution in [3.05, 3.63) is 35.5 Å². The maximum Gasteiger partial charge on any atom is 0.236 e. The highest BCUT2D eigenvalue weighted by Crippen LogP contribution is 2.26. The molecule has 6 nitrogen and oxygen atoms in total. The minimum atomic E-state index is 0.104. The van der Waals surface area contributed by atoms with Gasteiger partial charge in [-0.25, -0.2) is 0 Å². The van der Waals surface area contributed by atoms with Gasteiger partial charge in [-0.2, -0.15) is 0 Å². The molecule has 2 aliphatic rings. The molecule has 1 aromatic heterocycles. The van der Waals surface area contributed by atoms with Crippen molar-refractivity contribution in [1.29, 1.82) is 5.41 Å². The first-order valence-electron chi connectivity index (χ1n) is 10.6. The van der Waals surface area contributed by atoms with Crippen LogP contribution < -0.4 is 11.1 Å². The maximum absolute atomic E-state index is 12.6. The van der Waals surface area contributed by atoms with E-state index < -0.39 is 0 Å². The highest BCUT2D eigenvalue weighted by molar-refractivity contribution is 5.98. The van der Waals surface area contributed by atoms with E-state index in [0.717, 1.165) is 49.9 Å². The lowest BCUT2D eigenvalue weighted by Crippen LogP contribution is -2.41. The number of nitrogens with zero attached hydrogens (tertiary/aromatic N) is 2. The van der Waals surface area contributed by atoms with Gasteiger partial charge in [-0.05, 0) is 63.0 Å². The number of amides is 1. The van der Waals surface area contributed by atoms with Gasteiger partial charge in [-0.3, -0.25) is 10.2 Å². The second-order valence-electron chi connectivity index (χ2n) is 8.14. The first kappa shape index (κ1) is 19.0. The lowest BCUT2D eigenvalue weighted by molar-refractivity contribution is -0.131. The molecule has 0 radical (unpaired) electrons. The van der Waals surface area contributed by atoms with E-state index in [-0.39, 0.29) is 11.7 Å². The van der Waals surface area contributed by atoms with Crippen LogP contribution in [0.3, 0.4) is 0 Å². The van der Waals surface area contributed by atoms with Crippen molar-refractivity contribution < 1.29 is 4.79 Å². The standard InChI is InChI=1S/C22H31N5O/c1-2-26-19(12-15-5-6-16(22(23)24)13-20(15)26)10-9-18-4-3-11-27(18)21(28)14-25-17-7-8-17/h5-6,12-13,17-18,25H,2-4,7-11,14H2,1H3,(H3,23,24)/t18-/m0/s1. The van der Waals surface area contributed by atoms with Crippen LogP contribution in [-0.4, -0.2) is 46.4 Å². The second kappa shape index (κ2) is 7.95. The highest BCUT2D eigenvalue weighted by Gasteiger charge is 2.30. The number of benzene rings is 1. The van der Waals surface area contributed by atoms with Gasteiger partial charge < -0.3 is 20.5 Å². The summed E-state index contributed by atoms with van der Waals surface area (Å²) in [5.74, 6) is 0.365. The van der Waals surface area contributed by atoms with E-state index in [9.17, 15) is 4.79 Å².